The Bertz CT molecular complexity index is 1260. The maximum absolute atomic E-state index is 14.4. The van der Waals surface area contributed by atoms with Crippen molar-refractivity contribution in [3.8, 4) is 11.5 Å². The van der Waals surface area contributed by atoms with Crippen molar-refractivity contribution >= 4 is 28.8 Å². The van der Waals surface area contributed by atoms with E-state index >= 15 is 0 Å². The van der Waals surface area contributed by atoms with Crippen LogP contribution in [0.2, 0.25) is 0 Å². The summed E-state index contributed by atoms with van der Waals surface area (Å²) in [5.74, 6) is -2.25. The number of carbonyl (C=O) groups excluding carboxylic acids is 2. The molecule has 0 fully saturated rings. The van der Waals surface area contributed by atoms with Crippen molar-refractivity contribution in [3.05, 3.63) is 89.6 Å². The predicted octanol–water partition coefficient (Wildman–Crippen LogP) is 4.09. The second-order valence-electron chi connectivity index (χ2n) is 6.85. The average molecular weight is 420 g/mol. The van der Waals surface area contributed by atoms with Crippen molar-refractivity contribution in [2.24, 2.45) is 0 Å². The number of rotatable bonds is 4. The minimum Gasteiger partial charge on any atom is -0.454 e. The van der Waals surface area contributed by atoms with Crippen LogP contribution >= 0.6 is 0 Å². The van der Waals surface area contributed by atoms with Crippen LogP contribution in [0.15, 0.2) is 72.4 Å². The molecule has 31 heavy (non-hydrogen) atoms. The lowest BCUT2D eigenvalue weighted by Gasteiger charge is -2.16. The monoisotopic (exact) mass is 420 g/mol. The smallest absolute Gasteiger partial charge is 0.282 e. The molecular weight excluding hydrogens is 406 g/mol. The maximum Gasteiger partial charge on any atom is 0.282 e. The van der Waals surface area contributed by atoms with E-state index < -0.39 is 23.4 Å². The number of carbonyl (C=O) groups is 2. The van der Waals surface area contributed by atoms with Gasteiger partial charge < -0.3 is 14.8 Å². The molecule has 5 rings (SSSR count). The number of fused-ring (bicyclic) bond motifs is 1. The van der Waals surface area contributed by atoms with Gasteiger partial charge in [-0.15, -0.1) is 0 Å². The standard InChI is InChI=1S/C23H14F2N2O4/c24-14-6-8-17(16(25)10-14)27-22(28)20(13-4-2-1-3-5-13)21(23(27)29)26-15-7-9-18-19(11-15)31-12-30-18/h1-11,26H,12H2. The quantitative estimate of drug-likeness (QED) is 0.644. The van der Waals surface area contributed by atoms with Gasteiger partial charge >= 0.3 is 0 Å². The van der Waals surface area contributed by atoms with E-state index in [-0.39, 0.29) is 23.8 Å². The molecule has 154 valence electrons. The van der Waals surface area contributed by atoms with Crippen LogP contribution in [0.4, 0.5) is 20.2 Å². The van der Waals surface area contributed by atoms with E-state index in [2.05, 4.69) is 5.32 Å². The summed E-state index contributed by atoms with van der Waals surface area (Å²) in [5, 5.41) is 2.97. The Labute approximate surface area is 175 Å². The van der Waals surface area contributed by atoms with Crippen LogP contribution in [-0.2, 0) is 9.59 Å². The Kier molecular flexibility index (Phi) is 4.39. The summed E-state index contributed by atoms with van der Waals surface area (Å²) >= 11 is 0. The second kappa shape index (κ2) is 7.24. The lowest BCUT2D eigenvalue weighted by atomic mass is 10.0. The Morgan fingerprint density at radius 1 is 0.839 bits per heavy atom. The van der Waals surface area contributed by atoms with Crippen molar-refractivity contribution in [1.29, 1.82) is 0 Å². The summed E-state index contributed by atoms with van der Waals surface area (Å²) < 4.78 is 38.4. The first-order chi connectivity index (χ1) is 15.0. The highest BCUT2D eigenvalue weighted by atomic mass is 19.1. The van der Waals surface area contributed by atoms with Crippen molar-refractivity contribution in [2.45, 2.75) is 0 Å². The first kappa shape index (κ1) is 18.8. The number of amides is 2. The molecule has 3 aromatic carbocycles. The number of halogens is 2. The topological polar surface area (TPSA) is 67.9 Å². The summed E-state index contributed by atoms with van der Waals surface area (Å²) in [4.78, 5) is 27.2. The zero-order chi connectivity index (χ0) is 21.5. The highest BCUT2D eigenvalue weighted by Crippen LogP contribution is 2.38. The normalized spacial score (nSPS) is 15.1. The molecule has 0 radical (unpaired) electrons. The van der Waals surface area contributed by atoms with E-state index in [1.807, 2.05) is 0 Å². The third-order valence-electron chi connectivity index (χ3n) is 4.94. The molecular formula is C23H14F2N2O4. The van der Waals surface area contributed by atoms with Crippen LogP contribution in [0.3, 0.4) is 0 Å². The van der Waals surface area contributed by atoms with Gasteiger partial charge in [0, 0.05) is 17.8 Å². The molecule has 2 heterocycles. The molecule has 0 saturated heterocycles. The van der Waals surface area contributed by atoms with Gasteiger partial charge in [-0.2, -0.15) is 0 Å². The zero-order valence-electron chi connectivity index (χ0n) is 15.9. The van der Waals surface area contributed by atoms with Crippen LogP contribution in [0.1, 0.15) is 5.56 Å². The fourth-order valence-electron chi connectivity index (χ4n) is 3.52. The Morgan fingerprint density at radius 3 is 2.39 bits per heavy atom. The molecule has 0 saturated carbocycles. The number of nitrogens with zero attached hydrogens (tertiary/aromatic N) is 1. The maximum atomic E-state index is 14.4. The third kappa shape index (κ3) is 3.18. The fraction of sp³-hybridized carbons (Fsp3) is 0.0435. The summed E-state index contributed by atoms with van der Waals surface area (Å²) in [6.45, 7) is 0.0891. The van der Waals surface area contributed by atoms with Gasteiger partial charge in [0.05, 0.1) is 11.3 Å². The highest BCUT2D eigenvalue weighted by Gasteiger charge is 2.41. The van der Waals surface area contributed by atoms with Gasteiger partial charge in [0.15, 0.2) is 11.5 Å². The Balaban J connectivity index is 1.60. The molecule has 2 amide bonds. The molecule has 8 heteroatoms. The minimum atomic E-state index is -1.02. The fourth-order valence-corrected chi connectivity index (χ4v) is 3.52. The van der Waals surface area contributed by atoms with E-state index in [4.69, 9.17) is 9.47 Å². The first-order valence-corrected chi connectivity index (χ1v) is 9.33. The largest absolute Gasteiger partial charge is 0.454 e. The van der Waals surface area contributed by atoms with Gasteiger partial charge in [-0.05, 0) is 29.8 Å². The molecule has 3 aromatic rings. The molecule has 1 N–H and O–H groups in total. The molecule has 0 unspecified atom stereocenters. The zero-order valence-corrected chi connectivity index (χ0v) is 15.9. The molecule has 0 spiro atoms. The second-order valence-corrected chi connectivity index (χ2v) is 6.85. The number of ether oxygens (including phenoxy) is 2. The predicted molar refractivity (Wildman–Crippen MR) is 108 cm³/mol. The summed E-state index contributed by atoms with van der Waals surface area (Å²) in [6.07, 6.45) is 0. The van der Waals surface area contributed by atoms with Crippen molar-refractivity contribution in [3.63, 3.8) is 0 Å². The number of imide groups is 1. The van der Waals surface area contributed by atoms with Crippen LogP contribution in [0, 0.1) is 11.6 Å². The Hall–Kier alpha value is -4.20. The average Bonchev–Trinajstić information content (AvgIpc) is 3.32. The van der Waals surface area contributed by atoms with E-state index in [9.17, 15) is 18.4 Å². The van der Waals surface area contributed by atoms with Crippen molar-refractivity contribution in [2.75, 3.05) is 17.0 Å². The number of nitrogens with one attached hydrogen (secondary N) is 1. The number of hydrogen-bond donors (Lipinski definition) is 1. The molecule has 2 aliphatic rings. The lowest BCUT2D eigenvalue weighted by molar-refractivity contribution is -0.120. The molecule has 2 aliphatic heterocycles. The first-order valence-electron chi connectivity index (χ1n) is 9.33. The summed E-state index contributed by atoms with van der Waals surface area (Å²) in [5.41, 5.74) is 0.683. The number of hydrogen-bond acceptors (Lipinski definition) is 5. The molecule has 0 aromatic heterocycles. The number of benzene rings is 3. The number of anilines is 2. The molecule has 0 atom stereocenters. The molecule has 6 nitrogen and oxygen atoms in total. The van der Waals surface area contributed by atoms with Crippen molar-refractivity contribution in [1.82, 2.24) is 0 Å². The van der Waals surface area contributed by atoms with Gasteiger partial charge in [-0.3, -0.25) is 9.59 Å². The van der Waals surface area contributed by atoms with Gasteiger partial charge in [0.2, 0.25) is 6.79 Å². The summed E-state index contributed by atoms with van der Waals surface area (Å²) in [7, 11) is 0. The highest BCUT2D eigenvalue weighted by molar-refractivity contribution is 6.46. The molecule has 0 bridgehead atoms. The van der Waals surface area contributed by atoms with Gasteiger partial charge in [-0.25, -0.2) is 13.7 Å². The van der Waals surface area contributed by atoms with Crippen LogP contribution in [0.5, 0.6) is 11.5 Å². The minimum absolute atomic E-state index is 0.0289. The van der Waals surface area contributed by atoms with Crippen LogP contribution in [0.25, 0.3) is 5.57 Å². The third-order valence-corrected chi connectivity index (χ3v) is 4.94. The van der Waals surface area contributed by atoms with E-state index in [1.165, 1.54) is 0 Å². The SMILES string of the molecule is O=C1C(Nc2ccc3c(c2)OCO3)=C(c2ccccc2)C(=O)N1c1ccc(F)cc1F. The van der Waals surface area contributed by atoms with Gasteiger partial charge in [0.25, 0.3) is 11.8 Å². The Morgan fingerprint density at radius 2 is 1.61 bits per heavy atom. The van der Waals surface area contributed by atoms with E-state index in [0.717, 1.165) is 12.1 Å². The molecule has 0 aliphatic carbocycles. The van der Waals surface area contributed by atoms with Gasteiger partial charge in [0.1, 0.15) is 17.3 Å². The van der Waals surface area contributed by atoms with Crippen LogP contribution in [-0.4, -0.2) is 18.6 Å². The van der Waals surface area contributed by atoms with E-state index in [1.54, 1.807) is 48.5 Å². The lowest BCUT2D eigenvalue weighted by Crippen LogP contribution is -2.33. The van der Waals surface area contributed by atoms with Crippen molar-refractivity contribution < 1.29 is 27.8 Å². The summed E-state index contributed by atoms with van der Waals surface area (Å²) in [6, 6.07) is 16.2. The van der Waals surface area contributed by atoms with Gasteiger partial charge in [-0.1, -0.05) is 30.3 Å². The van der Waals surface area contributed by atoms with Crippen LogP contribution < -0.4 is 19.7 Å². The van der Waals surface area contributed by atoms with E-state index in [0.29, 0.717) is 33.7 Å².